The van der Waals surface area contributed by atoms with Gasteiger partial charge in [-0.2, -0.15) is 4.98 Å². The van der Waals surface area contributed by atoms with Gasteiger partial charge in [-0.25, -0.2) is 4.98 Å². The van der Waals surface area contributed by atoms with Crippen molar-refractivity contribution in [1.29, 1.82) is 0 Å². The van der Waals surface area contributed by atoms with Gasteiger partial charge in [-0.15, -0.1) is 0 Å². The van der Waals surface area contributed by atoms with Gasteiger partial charge in [0.05, 0.1) is 7.11 Å². The van der Waals surface area contributed by atoms with Crippen molar-refractivity contribution < 1.29 is 4.74 Å². The zero-order valence-electron chi connectivity index (χ0n) is 12.3. The van der Waals surface area contributed by atoms with Gasteiger partial charge in [0.15, 0.2) is 0 Å². The minimum Gasteiger partial charge on any atom is -0.497 e. The van der Waals surface area contributed by atoms with Crippen LogP contribution in [0.25, 0.3) is 0 Å². The molecule has 0 aliphatic carbocycles. The topological polar surface area (TPSA) is 59.1 Å². The van der Waals surface area contributed by atoms with E-state index in [2.05, 4.69) is 34.4 Å². The monoisotopic (exact) mass is 272 g/mol. The van der Waals surface area contributed by atoms with Gasteiger partial charge in [0.25, 0.3) is 0 Å². The van der Waals surface area contributed by atoms with Gasteiger partial charge in [-0.05, 0) is 45.0 Å². The molecule has 0 fully saturated rings. The molecule has 5 heteroatoms. The summed E-state index contributed by atoms with van der Waals surface area (Å²) in [6.45, 7) is 6.11. The summed E-state index contributed by atoms with van der Waals surface area (Å²) in [7, 11) is 1.65. The fraction of sp³-hybridized carbons (Fsp3) is 0.333. The first-order valence-corrected chi connectivity index (χ1v) is 6.60. The van der Waals surface area contributed by atoms with Crippen molar-refractivity contribution in [2.75, 3.05) is 17.7 Å². The smallest absolute Gasteiger partial charge is 0.229 e. The first-order valence-electron chi connectivity index (χ1n) is 6.60. The van der Waals surface area contributed by atoms with Crippen LogP contribution in [0.5, 0.6) is 5.75 Å². The van der Waals surface area contributed by atoms with Crippen LogP contribution in [-0.2, 0) is 0 Å². The first kappa shape index (κ1) is 14.1. The number of hydrogen-bond acceptors (Lipinski definition) is 5. The Morgan fingerprint density at radius 3 is 2.40 bits per heavy atom. The molecule has 2 rings (SSSR count). The number of anilines is 3. The largest absolute Gasteiger partial charge is 0.497 e. The minimum absolute atomic E-state index is 0.332. The van der Waals surface area contributed by atoms with Gasteiger partial charge in [0.2, 0.25) is 5.95 Å². The van der Waals surface area contributed by atoms with Crippen LogP contribution in [-0.4, -0.2) is 23.1 Å². The maximum absolute atomic E-state index is 5.13. The Morgan fingerprint density at radius 1 is 1.10 bits per heavy atom. The zero-order chi connectivity index (χ0) is 14.5. The van der Waals surface area contributed by atoms with Crippen LogP contribution in [0, 0.1) is 6.92 Å². The van der Waals surface area contributed by atoms with Crippen LogP contribution in [0.1, 0.15) is 19.5 Å². The molecular weight excluding hydrogens is 252 g/mol. The Bertz CT molecular complexity index is 567. The molecule has 5 nitrogen and oxygen atoms in total. The van der Waals surface area contributed by atoms with E-state index in [1.54, 1.807) is 7.11 Å². The number of rotatable bonds is 5. The van der Waals surface area contributed by atoms with Gasteiger partial charge in [-0.1, -0.05) is 0 Å². The average molecular weight is 272 g/mol. The third-order valence-electron chi connectivity index (χ3n) is 2.64. The summed E-state index contributed by atoms with van der Waals surface area (Å²) in [6, 6.07) is 9.91. The van der Waals surface area contributed by atoms with Gasteiger partial charge in [0.1, 0.15) is 11.6 Å². The van der Waals surface area contributed by atoms with Gasteiger partial charge >= 0.3 is 0 Å². The molecule has 0 amide bonds. The molecule has 0 radical (unpaired) electrons. The fourth-order valence-corrected chi connectivity index (χ4v) is 1.80. The number of aromatic nitrogens is 2. The highest BCUT2D eigenvalue weighted by Gasteiger charge is 2.04. The van der Waals surface area contributed by atoms with E-state index in [9.17, 15) is 0 Å². The molecule has 0 saturated heterocycles. The molecule has 1 aromatic heterocycles. The van der Waals surface area contributed by atoms with Crippen molar-refractivity contribution in [3.8, 4) is 5.75 Å². The molecule has 0 aliphatic rings. The standard InChI is InChI=1S/C15H20N4O/c1-10(2)16-14-9-11(3)17-15(19-14)18-12-5-7-13(20-4)8-6-12/h5-10H,1-4H3,(H2,16,17,18,19). The van der Waals surface area contributed by atoms with Crippen molar-refractivity contribution in [2.24, 2.45) is 0 Å². The molecule has 0 unspecified atom stereocenters. The molecule has 0 spiro atoms. The Hall–Kier alpha value is -2.30. The molecule has 20 heavy (non-hydrogen) atoms. The summed E-state index contributed by atoms with van der Waals surface area (Å²) in [4.78, 5) is 8.83. The van der Waals surface area contributed by atoms with Crippen LogP contribution < -0.4 is 15.4 Å². The van der Waals surface area contributed by atoms with E-state index < -0.39 is 0 Å². The summed E-state index contributed by atoms with van der Waals surface area (Å²) >= 11 is 0. The number of nitrogens with zero attached hydrogens (tertiary/aromatic N) is 2. The molecule has 0 saturated carbocycles. The number of benzene rings is 1. The van der Waals surface area contributed by atoms with Crippen molar-refractivity contribution in [3.63, 3.8) is 0 Å². The van der Waals surface area contributed by atoms with E-state index in [0.717, 1.165) is 22.9 Å². The van der Waals surface area contributed by atoms with Crippen LogP contribution in [0.15, 0.2) is 30.3 Å². The lowest BCUT2D eigenvalue weighted by molar-refractivity contribution is 0.415. The minimum atomic E-state index is 0.332. The van der Waals surface area contributed by atoms with Crippen molar-refractivity contribution in [2.45, 2.75) is 26.8 Å². The summed E-state index contributed by atoms with van der Waals surface area (Å²) in [6.07, 6.45) is 0. The molecule has 0 aliphatic heterocycles. The van der Waals surface area contributed by atoms with Gasteiger partial charge in [-0.3, -0.25) is 0 Å². The zero-order valence-corrected chi connectivity index (χ0v) is 12.3. The quantitative estimate of drug-likeness (QED) is 0.874. The van der Waals surface area contributed by atoms with Crippen molar-refractivity contribution >= 4 is 17.5 Å². The van der Waals surface area contributed by atoms with Crippen molar-refractivity contribution in [1.82, 2.24) is 9.97 Å². The lowest BCUT2D eigenvalue weighted by atomic mass is 10.3. The van der Waals surface area contributed by atoms with Gasteiger partial charge < -0.3 is 15.4 Å². The van der Waals surface area contributed by atoms with E-state index in [1.165, 1.54) is 0 Å². The van der Waals surface area contributed by atoms with Crippen LogP contribution in [0.2, 0.25) is 0 Å². The normalized spacial score (nSPS) is 10.4. The lowest BCUT2D eigenvalue weighted by Crippen LogP contribution is -2.12. The van der Waals surface area contributed by atoms with Crippen LogP contribution >= 0.6 is 0 Å². The molecule has 1 aromatic carbocycles. The second kappa shape index (κ2) is 6.23. The molecule has 2 N–H and O–H groups in total. The Morgan fingerprint density at radius 2 is 1.80 bits per heavy atom. The summed E-state index contributed by atoms with van der Waals surface area (Å²) in [5, 5.41) is 6.47. The number of hydrogen-bond donors (Lipinski definition) is 2. The molecule has 1 heterocycles. The second-order valence-corrected chi connectivity index (χ2v) is 4.87. The van der Waals surface area contributed by atoms with Crippen molar-refractivity contribution in [3.05, 3.63) is 36.0 Å². The number of aryl methyl sites for hydroxylation is 1. The summed E-state index contributed by atoms with van der Waals surface area (Å²) in [5.41, 5.74) is 1.84. The number of ether oxygens (including phenoxy) is 1. The fourth-order valence-electron chi connectivity index (χ4n) is 1.80. The lowest BCUT2D eigenvalue weighted by Gasteiger charge is -2.12. The molecule has 2 aromatic rings. The van der Waals surface area contributed by atoms with E-state index >= 15 is 0 Å². The van der Waals surface area contributed by atoms with Crippen LogP contribution in [0.4, 0.5) is 17.5 Å². The third kappa shape index (κ3) is 3.85. The third-order valence-corrected chi connectivity index (χ3v) is 2.64. The predicted molar refractivity (Wildman–Crippen MR) is 81.8 cm³/mol. The maximum Gasteiger partial charge on any atom is 0.229 e. The highest BCUT2D eigenvalue weighted by atomic mass is 16.5. The maximum atomic E-state index is 5.13. The summed E-state index contributed by atoms with van der Waals surface area (Å²) < 4.78 is 5.13. The van der Waals surface area contributed by atoms with Crippen LogP contribution in [0.3, 0.4) is 0 Å². The Labute approximate surface area is 119 Å². The molecule has 0 atom stereocenters. The summed E-state index contributed by atoms with van der Waals surface area (Å²) in [5.74, 6) is 2.23. The molecule has 106 valence electrons. The van der Waals surface area contributed by atoms with E-state index in [1.807, 2.05) is 37.3 Å². The Balaban J connectivity index is 2.17. The van der Waals surface area contributed by atoms with E-state index in [0.29, 0.717) is 12.0 Å². The average Bonchev–Trinajstić information content (AvgIpc) is 2.38. The van der Waals surface area contributed by atoms with E-state index in [4.69, 9.17) is 4.74 Å². The van der Waals surface area contributed by atoms with E-state index in [-0.39, 0.29) is 0 Å². The first-order chi connectivity index (χ1) is 9.56. The molecule has 0 bridgehead atoms. The molecular formula is C15H20N4O. The predicted octanol–water partition coefficient (Wildman–Crippen LogP) is 3.36. The second-order valence-electron chi connectivity index (χ2n) is 4.87. The number of methoxy groups -OCH3 is 1. The highest BCUT2D eigenvalue weighted by molar-refractivity contribution is 5.56. The number of nitrogens with one attached hydrogen (secondary N) is 2. The highest BCUT2D eigenvalue weighted by Crippen LogP contribution is 2.19. The van der Waals surface area contributed by atoms with Gasteiger partial charge in [0, 0.05) is 23.5 Å². The SMILES string of the molecule is COc1ccc(Nc2nc(C)cc(NC(C)C)n2)cc1. The Kier molecular flexibility index (Phi) is 4.40.